The van der Waals surface area contributed by atoms with Gasteiger partial charge in [-0.05, 0) is 43.3 Å². The van der Waals surface area contributed by atoms with Crippen molar-refractivity contribution in [2.24, 2.45) is 0 Å². The van der Waals surface area contributed by atoms with Gasteiger partial charge in [-0.25, -0.2) is 9.59 Å². The molecule has 0 fully saturated rings. The van der Waals surface area contributed by atoms with Crippen LogP contribution in [0.15, 0.2) is 53.4 Å². The summed E-state index contributed by atoms with van der Waals surface area (Å²) in [7, 11) is -4.64. The molecule has 1 N–H and O–H groups in total. The third-order valence-electron chi connectivity index (χ3n) is 4.09. The van der Waals surface area contributed by atoms with Gasteiger partial charge in [0.2, 0.25) is 0 Å². The summed E-state index contributed by atoms with van der Waals surface area (Å²) in [4.78, 5) is 23.4. The van der Waals surface area contributed by atoms with E-state index in [9.17, 15) is 44.3 Å². The summed E-state index contributed by atoms with van der Waals surface area (Å²) < 4.78 is 121. The lowest BCUT2D eigenvalue weighted by molar-refractivity contribution is -0.143. The predicted molar refractivity (Wildman–Crippen MR) is 102 cm³/mol. The number of ether oxygens (including phenoxy) is 2. The Labute approximate surface area is 188 Å². The predicted octanol–water partition coefficient (Wildman–Crippen LogP) is 4.81. The second-order valence-electron chi connectivity index (χ2n) is 6.75. The van der Waals surface area contributed by atoms with Crippen molar-refractivity contribution in [1.82, 2.24) is 0 Å². The van der Waals surface area contributed by atoms with Crippen LogP contribution >= 0.6 is 0 Å². The zero-order valence-electron chi connectivity index (χ0n) is 17.0. The van der Waals surface area contributed by atoms with Crippen molar-refractivity contribution in [2.75, 3.05) is 0 Å². The van der Waals surface area contributed by atoms with Crippen molar-refractivity contribution in [3.8, 4) is 5.75 Å². The van der Waals surface area contributed by atoms with Gasteiger partial charge in [0.05, 0.1) is 21.6 Å². The van der Waals surface area contributed by atoms with Crippen molar-refractivity contribution in [2.45, 2.75) is 30.8 Å². The minimum Gasteiger partial charge on any atom is -0.457 e. The van der Waals surface area contributed by atoms with Crippen LogP contribution in [0.3, 0.4) is 0 Å². The molecule has 0 aliphatic heterocycles. The number of alkyl halides is 6. The van der Waals surface area contributed by atoms with Gasteiger partial charge in [0.1, 0.15) is 12.4 Å². The molecule has 0 bridgehead atoms. The Morgan fingerprint density at radius 2 is 1.56 bits per heavy atom. The first-order valence-electron chi connectivity index (χ1n) is 8.85. The molecule has 34 heavy (non-hydrogen) atoms. The lowest BCUT2D eigenvalue weighted by atomic mass is 10.0. The monoisotopic (exact) mass is 512 g/mol. The van der Waals surface area contributed by atoms with Gasteiger partial charge in [0.15, 0.2) is 0 Å². The van der Waals surface area contributed by atoms with Crippen LogP contribution in [0.4, 0.5) is 26.3 Å². The van der Waals surface area contributed by atoms with Crippen LogP contribution in [0.5, 0.6) is 5.75 Å². The summed E-state index contributed by atoms with van der Waals surface area (Å²) in [5.41, 5.74) is -5.31. The number of rotatable bonds is 6. The number of carbonyl (C=O) groups is 2. The maximum absolute atomic E-state index is 13.6. The Balaban J connectivity index is 2.59. The van der Waals surface area contributed by atoms with E-state index >= 15 is 0 Å². The molecule has 0 saturated carbocycles. The zero-order valence-corrected chi connectivity index (χ0v) is 17.8. The molecule has 0 amide bonds. The van der Waals surface area contributed by atoms with E-state index < -0.39 is 73.9 Å². The van der Waals surface area contributed by atoms with Gasteiger partial charge < -0.3 is 9.47 Å². The number of hydrogen-bond acceptors (Lipinski definition) is 6. The summed E-state index contributed by atoms with van der Waals surface area (Å²) in [6.07, 6.45) is -10.6. The van der Waals surface area contributed by atoms with Crippen molar-refractivity contribution >= 4 is 22.1 Å². The highest BCUT2D eigenvalue weighted by atomic mass is 32.2. The molecule has 14 heteroatoms. The topological polar surface area (TPSA) is 107 Å². The second-order valence-corrected chi connectivity index (χ2v) is 8.17. The SMILES string of the molecule is C=C(C)C(=O)OCc1cc(C(F)(F)F)cc(C(F)(F)F)c1OC(=O)c1ccc(S(=O)(=O)O)cc1. The number of esters is 2. The smallest absolute Gasteiger partial charge is 0.420 e. The van der Waals surface area contributed by atoms with Gasteiger partial charge in [-0.1, -0.05) is 6.58 Å². The molecule has 0 aromatic heterocycles. The van der Waals surface area contributed by atoms with Crippen LogP contribution in [0.1, 0.15) is 34.0 Å². The molecule has 0 unspecified atom stereocenters. The highest BCUT2D eigenvalue weighted by Crippen LogP contribution is 2.43. The van der Waals surface area contributed by atoms with Crippen molar-refractivity contribution in [3.05, 3.63) is 70.8 Å². The van der Waals surface area contributed by atoms with Crippen molar-refractivity contribution in [3.63, 3.8) is 0 Å². The number of hydrogen-bond donors (Lipinski definition) is 1. The summed E-state index contributed by atoms with van der Waals surface area (Å²) in [6, 6.07) is 3.05. The molecule has 184 valence electrons. The molecule has 2 rings (SSSR count). The van der Waals surface area contributed by atoms with Crippen molar-refractivity contribution < 1.29 is 58.4 Å². The molecule has 7 nitrogen and oxygen atoms in total. The van der Waals surface area contributed by atoms with E-state index in [1.54, 1.807) is 0 Å². The van der Waals surface area contributed by atoms with E-state index in [1.165, 1.54) is 6.92 Å². The minimum absolute atomic E-state index is 0.194. The molecular formula is C20H14F6O7S. The van der Waals surface area contributed by atoms with E-state index in [0.717, 1.165) is 24.3 Å². The van der Waals surface area contributed by atoms with Crippen LogP contribution in [0.2, 0.25) is 0 Å². The van der Waals surface area contributed by atoms with Gasteiger partial charge in [0.25, 0.3) is 10.1 Å². The van der Waals surface area contributed by atoms with Gasteiger partial charge in [-0.3, -0.25) is 4.55 Å². The molecular weight excluding hydrogens is 498 g/mol. The second kappa shape index (κ2) is 9.46. The lowest BCUT2D eigenvalue weighted by Gasteiger charge is -2.19. The van der Waals surface area contributed by atoms with E-state index in [0.29, 0.717) is 0 Å². The third kappa shape index (κ3) is 6.57. The fraction of sp³-hybridized carbons (Fsp3) is 0.200. The first-order valence-corrected chi connectivity index (χ1v) is 10.3. The summed E-state index contributed by atoms with van der Waals surface area (Å²) in [5, 5.41) is 0. The van der Waals surface area contributed by atoms with Crippen LogP contribution in [-0.2, 0) is 38.6 Å². The first-order chi connectivity index (χ1) is 15.4. The molecule has 0 spiro atoms. The van der Waals surface area contributed by atoms with Gasteiger partial charge in [-0.2, -0.15) is 34.8 Å². The molecule has 0 heterocycles. The Bertz CT molecular complexity index is 1230. The summed E-state index contributed by atoms with van der Waals surface area (Å²) in [6.45, 7) is 3.30. The molecule has 0 aliphatic rings. The van der Waals surface area contributed by atoms with E-state index in [2.05, 4.69) is 11.3 Å². The number of halogens is 6. The van der Waals surface area contributed by atoms with Crippen LogP contribution in [-0.4, -0.2) is 24.9 Å². The number of carbonyl (C=O) groups excluding carboxylic acids is 2. The lowest BCUT2D eigenvalue weighted by Crippen LogP contribution is -2.19. The summed E-state index contributed by atoms with van der Waals surface area (Å²) >= 11 is 0. The van der Waals surface area contributed by atoms with E-state index in [4.69, 9.17) is 9.29 Å². The maximum atomic E-state index is 13.6. The molecule has 0 atom stereocenters. The largest absolute Gasteiger partial charge is 0.457 e. The molecule has 0 radical (unpaired) electrons. The summed E-state index contributed by atoms with van der Waals surface area (Å²) in [5.74, 6) is -3.97. The quantitative estimate of drug-likeness (QED) is 0.195. The molecule has 0 saturated heterocycles. The maximum Gasteiger partial charge on any atom is 0.420 e. The fourth-order valence-electron chi connectivity index (χ4n) is 2.47. The van der Waals surface area contributed by atoms with E-state index in [-0.39, 0.29) is 17.7 Å². The number of benzene rings is 2. The average Bonchev–Trinajstić information content (AvgIpc) is 2.70. The highest BCUT2D eigenvalue weighted by Gasteiger charge is 2.41. The van der Waals surface area contributed by atoms with Gasteiger partial charge >= 0.3 is 24.3 Å². The average molecular weight is 512 g/mol. The van der Waals surface area contributed by atoms with Crippen LogP contribution in [0, 0.1) is 0 Å². The van der Waals surface area contributed by atoms with E-state index in [1.807, 2.05) is 0 Å². The molecule has 2 aromatic rings. The minimum atomic E-state index is -5.42. The zero-order chi connectivity index (χ0) is 26.1. The van der Waals surface area contributed by atoms with Crippen LogP contribution in [0.25, 0.3) is 0 Å². The molecule has 2 aromatic carbocycles. The van der Waals surface area contributed by atoms with Gasteiger partial charge in [-0.15, -0.1) is 0 Å². The Hall–Kier alpha value is -3.39. The normalized spacial score (nSPS) is 12.2. The Morgan fingerprint density at radius 1 is 1.00 bits per heavy atom. The van der Waals surface area contributed by atoms with Gasteiger partial charge in [0, 0.05) is 11.1 Å². The van der Waals surface area contributed by atoms with Crippen molar-refractivity contribution in [1.29, 1.82) is 0 Å². The fourth-order valence-corrected chi connectivity index (χ4v) is 2.95. The Kier molecular flexibility index (Phi) is 7.48. The first kappa shape index (κ1) is 26.9. The highest BCUT2D eigenvalue weighted by molar-refractivity contribution is 7.85. The standard InChI is InChI=1S/C20H14F6O7S/c1-10(2)17(27)32-9-12-7-13(19(21,22)23)8-15(20(24,25)26)16(12)33-18(28)11-3-5-14(6-4-11)34(29,30)31/h3-8H,1,9H2,2H3,(H,29,30,31). The van der Waals surface area contributed by atoms with Crippen LogP contribution < -0.4 is 4.74 Å². The third-order valence-corrected chi connectivity index (χ3v) is 4.96. The molecule has 0 aliphatic carbocycles. The Morgan fingerprint density at radius 3 is 2.00 bits per heavy atom.